The van der Waals surface area contributed by atoms with Gasteiger partial charge in [0, 0.05) is 0 Å². The van der Waals surface area contributed by atoms with Crippen LogP contribution in [0.5, 0.6) is 5.75 Å². The molecule has 6 nitrogen and oxygen atoms in total. The molecule has 0 aliphatic heterocycles. The molecule has 0 fully saturated rings. The summed E-state index contributed by atoms with van der Waals surface area (Å²) in [6.45, 7) is 5.92. The molecular weight excluding hydrogens is 436 g/mol. The van der Waals surface area contributed by atoms with Crippen LogP contribution in [0, 0.1) is 6.92 Å². The van der Waals surface area contributed by atoms with Crippen molar-refractivity contribution in [1.82, 2.24) is 5.32 Å². The molecule has 1 N–H and O–H groups in total. The van der Waals surface area contributed by atoms with Gasteiger partial charge in [-0.2, -0.15) is 0 Å². The number of amides is 1. The number of nitrogens with one attached hydrogen (secondary N) is 1. The molecule has 0 aromatic heterocycles. The van der Waals surface area contributed by atoms with E-state index in [-0.39, 0.29) is 23.4 Å². The van der Waals surface area contributed by atoms with Gasteiger partial charge in [-0.3, -0.25) is 9.10 Å². The number of carbonyl (C=O) groups is 1. The lowest BCUT2D eigenvalue weighted by atomic mass is 10.0. The van der Waals surface area contributed by atoms with Gasteiger partial charge in [-0.15, -0.1) is 0 Å². The number of benzene rings is 3. The molecular formula is C26H30N2O4S. The molecule has 33 heavy (non-hydrogen) atoms. The van der Waals surface area contributed by atoms with Gasteiger partial charge in [0.1, 0.15) is 12.3 Å². The van der Waals surface area contributed by atoms with E-state index in [0.717, 1.165) is 15.4 Å². The molecule has 3 rings (SSSR count). The molecule has 0 aliphatic carbocycles. The van der Waals surface area contributed by atoms with Crippen molar-refractivity contribution in [2.75, 3.05) is 17.5 Å². The number of hydrogen-bond acceptors (Lipinski definition) is 4. The third-order valence-electron chi connectivity index (χ3n) is 5.28. The van der Waals surface area contributed by atoms with Crippen molar-refractivity contribution < 1.29 is 17.9 Å². The van der Waals surface area contributed by atoms with Crippen LogP contribution in [0.3, 0.4) is 0 Å². The average Bonchev–Trinajstić information content (AvgIpc) is 2.83. The largest absolute Gasteiger partial charge is 0.494 e. The van der Waals surface area contributed by atoms with Gasteiger partial charge in [0.05, 0.1) is 23.2 Å². The highest BCUT2D eigenvalue weighted by molar-refractivity contribution is 7.92. The van der Waals surface area contributed by atoms with Crippen LogP contribution in [0.15, 0.2) is 83.8 Å². The number of hydrogen-bond donors (Lipinski definition) is 1. The summed E-state index contributed by atoms with van der Waals surface area (Å²) in [4.78, 5) is 13.1. The second kappa shape index (κ2) is 11.0. The van der Waals surface area contributed by atoms with Crippen molar-refractivity contribution in [2.45, 2.75) is 38.1 Å². The summed E-state index contributed by atoms with van der Waals surface area (Å²) in [5.74, 6) is 0.213. The molecule has 0 saturated heterocycles. The first-order chi connectivity index (χ1) is 15.8. The summed E-state index contributed by atoms with van der Waals surface area (Å²) in [6.07, 6.45) is 0.686. The Morgan fingerprint density at radius 2 is 1.58 bits per heavy atom. The Bertz CT molecular complexity index is 1150. The molecule has 174 valence electrons. The molecule has 7 heteroatoms. The highest BCUT2D eigenvalue weighted by Gasteiger charge is 2.28. The van der Waals surface area contributed by atoms with Crippen molar-refractivity contribution in [3.05, 3.63) is 90.0 Å². The molecule has 3 aromatic carbocycles. The summed E-state index contributed by atoms with van der Waals surface area (Å²) in [7, 11) is -3.98. The number of carbonyl (C=O) groups excluding carboxylic acids is 1. The molecule has 0 saturated carbocycles. The summed E-state index contributed by atoms with van der Waals surface area (Å²) in [5.41, 5.74) is 2.40. The number of aryl methyl sites for hydroxylation is 1. The van der Waals surface area contributed by atoms with E-state index in [1.807, 2.05) is 63.2 Å². The van der Waals surface area contributed by atoms with Gasteiger partial charge in [-0.25, -0.2) is 8.42 Å². The molecule has 0 heterocycles. The maximum absolute atomic E-state index is 13.6. The van der Waals surface area contributed by atoms with E-state index in [2.05, 4.69) is 5.32 Å². The number of sulfonamides is 1. The topological polar surface area (TPSA) is 75.7 Å². The number of nitrogens with zero attached hydrogens (tertiary/aromatic N) is 1. The predicted molar refractivity (Wildman–Crippen MR) is 131 cm³/mol. The van der Waals surface area contributed by atoms with Gasteiger partial charge in [0.15, 0.2) is 0 Å². The summed E-state index contributed by atoms with van der Waals surface area (Å²) in [6, 6.07) is 22.7. The third-order valence-corrected chi connectivity index (χ3v) is 7.07. The lowest BCUT2D eigenvalue weighted by Crippen LogP contribution is -2.42. The van der Waals surface area contributed by atoms with Crippen LogP contribution in [0.1, 0.15) is 37.4 Å². The fourth-order valence-electron chi connectivity index (χ4n) is 3.50. The Kier molecular flexibility index (Phi) is 8.11. The van der Waals surface area contributed by atoms with Gasteiger partial charge in [-0.05, 0) is 62.2 Å². The van der Waals surface area contributed by atoms with Crippen molar-refractivity contribution in [3.8, 4) is 5.75 Å². The third kappa shape index (κ3) is 6.14. The Morgan fingerprint density at radius 3 is 2.15 bits per heavy atom. The van der Waals surface area contributed by atoms with Crippen LogP contribution in [-0.2, 0) is 14.8 Å². The lowest BCUT2D eigenvalue weighted by molar-refractivity contribution is -0.120. The minimum Gasteiger partial charge on any atom is -0.494 e. The SMILES string of the molecule is CCOc1ccc(S(=O)(=O)N(CC(=O)N[C@@H](CC)c2ccccc2)c2ccc(C)cc2)cc1. The van der Waals surface area contributed by atoms with E-state index < -0.39 is 10.0 Å². The zero-order valence-corrected chi connectivity index (χ0v) is 20.0. The highest BCUT2D eigenvalue weighted by Crippen LogP contribution is 2.26. The first kappa shape index (κ1) is 24.3. The van der Waals surface area contributed by atoms with Crippen LogP contribution in [0.2, 0.25) is 0 Å². The quantitative estimate of drug-likeness (QED) is 0.463. The monoisotopic (exact) mass is 466 g/mol. The zero-order valence-electron chi connectivity index (χ0n) is 19.2. The smallest absolute Gasteiger partial charge is 0.264 e. The molecule has 1 atom stereocenters. The Hall–Kier alpha value is -3.32. The van der Waals surface area contributed by atoms with E-state index >= 15 is 0 Å². The first-order valence-corrected chi connectivity index (χ1v) is 12.5. The fraction of sp³-hybridized carbons (Fsp3) is 0.269. The van der Waals surface area contributed by atoms with Gasteiger partial charge in [0.25, 0.3) is 10.0 Å². The van der Waals surface area contributed by atoms with Crippen molar-refractivity contribution >= 4 is 21.6 Å². The number of anilines is 1. The summed E-state index contributed by atoms with van der Waals surface area (Å²) in [5, 5.41) is 2.98. The normalized spacial score (nSPS) is 12.1. The fourth-order valence-corrected chi connectivity index (χ4v) is 4.93. The molecule has 3 aromatic rings. The number of rotatable bonds is 10. The molecule has 0 radical (unpaired) electrons. The second-order valence-electron chi connectivity index (χ2n) is 7.69. The molecule has 0 spiro atoms. The van der Waals surface area contributed by atoms with Crippen LogP contribution < -0.4 is 14.4 Å². The molecule has 0 bridgehead atoms. The second-order valence-corrected chi connectivity index (χ2v) is 9.55. The van der Waals surface area contributed by atoms with Crippen molar-refractivity contribution in [1.29, 1.82) is 0 Å². The summed E-state index contributed by atoms with van der Waals surface area (Å²) < 4.78 is 33.7. The van der Waals surface area contributed by atoms with E-state index in [9.17, 15) is 13.2 Å². The van der Waals surface area contributed by atoms with Crippen LogP contribution >= 0.6 is 0 Å². The van der Waals surface area contributed by atoms with E-state index in [0.29, 0.717) is 24.5 Å². The average molecular weight is 467 g/mol. The maximum atomic E-state index is 13.6. The zero-order chi connectivity index (χ0) is 23.8. The lowest BCUT2D eigenvalue weighted by Gasteiger charge is -2.26. The maximum Gasteiger partial charge on any atom is 0.264 e. The standard InChI is InChI=1S/C26H30N2O4S/c1-4-25(21-9-7-6-8-10-21)27-26(29)19-28(22-13-11-20(3)12-14-22)33(30,31)24-17-15-23(16-18-24)32-5-2/h6-18,25H,4-5,19H2,1-3H3,(H,27,29)/t25-/m0/s1. The molecule has 0 aliphatic rings. The van der Waals surface area contributed by atoms with Crippen LogP contribution in [0.25, 0.3) is 0 Å². The molecule has 0 unspecified atom stereocenters. The van der Waals surface area contributed by atoms with E-state index in [1.165, 1.54) is 12.1 Å². The Labute approximate surface area is 196 Å². The van der Waals surface area contributed by atoms with E-state index in [4.69, 9.17) is 4.74 Å². The van der Waals surface area contributed by atoms with E-state index in [1.54, 1.807) is 24.3 Å². The van der Waals surface area contributed by atoms with Gasteiger partial charge >= 0.3 is 0 Å². The minimum absolute atomic E-state index is 0.0921. The predicted octanol–water partition coefficient (Wildman–Crippen LogP) is 4.86. The Balaban J connectivity index is 1.89. The number of ether oxygens (including phenoxy) is 1. The Morgan fingerprint density at radius 1 is 0.939 bits per heavy atom. The highest BCUT2D eigenvalue weighted by atomic mass is 32.2. The minimum atomic E-state index is -3.98. The first-order valence-electron chi connectivity index (χ1n) is 11.0. The van der Waals surface area contributed by atoms with Gasteiger partial charge in [-0.1, -0.05) is 55.0 Å². The van der Waals surface area contributed by atoms with Gasteiger partial charge < -0.3 is 10.1 Å². The van der Waals surface area contributed by atoms with Gasteiger partial charge in [0.2, 0.25) is 5.91 Å². The van der Waals surface area contributed by atoms with Crippen molar-refractivity contribution in [2.24, 2.45) is 0 Å². The molecule has 1 amide bonds. The summed E-state index contributed by atoms with van der Waals surface area (Å²) >= 11 is 0. The van der Waals surface area contributed by atoms with Crippen molar-refractivity contribution in [3.63, 3.8) is 0 Å². The van der Waals surface area contributed by atoms with Crippen LogP contribution in [-0.4, -0.2) is 27.5 Å². The van der Waals surface area contributed by atoms with Crippen LogP contribution in [0.4, 0.5) is 5.69 Å².